The van der Waals surface area contributed by atoms with E-state index in [4.69, 9.17) is 11.5 Å². The van der Waals surface area contributed by atoms with Gasteiger partial charge in [-0.3, -0.25) is 0 Å². The van der Waals surface area contributed by atoms with Crippen molar-refractivity contribution in [3.63, 3.8) is 0 Å². The first-order chi connectivity index (χ1) is 15.8. The number of anilines is 1. The largest absolute Gasteiger partial charge is 0.465 e. The van der Waals surface area contributed by atoms with Crippen LogP contribution in [0.4, 0.5) is 32.0 Å². The van der Waals surface area contributed by atoms with E-state index in [-0.39, 0.29) is 29.1 Å². The summed E-state index contributed by atoms with van der Waals surface area (Å²) in [6, 6.07) is 10.4. The number of alkyl halides is 6. The van der Waals surface area contributed by atoms with Crippen LogP contribution in [0.2, 0.25) is 0 Å². The van der Waals surface area contributed by atoms with Crippen molar-refractivity contribution in [2.75, 3.05) is 12.4 Å². The molecular formula is C22H19F6N3O2S. The Morgan fingerprint density at radius 1 is 0.882 bits per heavy atom. The Hall–Kier alpha value is -3.67. The molecule has 12 heteroatoms. The van der Waals surface area contributed by atoms with E-state index in [9.17, 15) is 31.1 Å². The van der Waals surface area contributed by atoms with Crippen LogP contribution in [0, 0.1) is 0 Å². The number of nitrogens with two attached hydrogens (primary N) is 2. The molecule has 0 amide bonds. The van der Waals surface area contributed by atoms with Gasteiger partial charge in [-0.25, -0.2) is 4.79 Å². The van der Waals surface area contributed by atoms with Gasteiger partial charge < -0.3 is 21.5 Å². The molecule has 34 heavy (non-hydrogen) atoms. The minimum Gasteiger partial charge on any atom is -0.465 e. The van der Waals surface area contributed by atoms with Gasteiger partial charge in [-0.05, 0) is 30.3 Å². The van der Waals surface area contributed by atoms with Crippen LogP contribution in [0.5, 0.6) is 0 Å². The second-order valence-electron chi connectivity index (χ2n) is 6.95. The van der Waals surface area contributed by atoms with Crippen molar-refractivity contribution in [2.45, 2.75) is 12.4 Å². The molecule has 0 aliphatic heterocycles. The summed E-state index contributed by atoms with van der Waals surface area (Å²) >= 11 is 1.05. The van der Waals surface area contributed by atoms with Crippen LogP contribution in [0.25, 0.3) is 11.5 Å². The quantitative estimate of drug-likeness (QED) is 0.369. The summed E-state index contributed by atoms with van der Waals surface area (Å²) in [5, 5.41) is 3.01. The van der Waals surface area contributed by atoms with Crippen LogP contribution in [0.15, 0.2) is 54.6 Å². The van der Waals surface area contributed by atoms with Crippen LogP contribution in [0.1, 0.15) is 27.1 Å². The standard InChI is InChI=1S/C22H17F6N3O2S.H2/c1-33-20(32)17-7-6-16(34-17)18(29)14-4-2-3-5-15(14)19(30)31-13-9-11(21(23,24)25)8-12(10-13)22(26,27)28;/h2-10,31H,29-30H2,1H3;1H/b18-14-,19-15+;. The number of carbonyl (C=O) groups excluding carboxylic acids is 1. The first kappa shape index (κ1) is 25.0. The molecule has 0 saturated carbocycles. The van der Waals surface area contributed by atoms with Gasteiger partial charge in [0.1, 0.15) is 10.7 Å². The number of esters is 1. The molecular weight excluding hydrogens is 484 g/mol. The molecule has 1 aromatic heterocycles. The molecule has 0 atom stereocenters. The molecule has 0 aliphatic rings. The zero-order valence-corrected chi connectivity index (χ0v) is 18.2. The van der Waals surface area contributed by atoms with E-state index in [1.165, 1.54) is 19.2 Å². The van der Waals surface area contributed by atoms with Crippen molar-refractivity contribution >= 4 is 34.5 Å². The summed E-state index contributed by atoms with van der Waals surface area (Å²) in [6.45, 7) is 0. The average molecular weight is 503 g/mol. The summed E-state index contributed by atoms with van der Waals surface area (Å²) in [4.78, 5) is 12.5. The Morgan fingerprint density at radius 3 is 1.94 bits per heavy atom. The smallest absolute Gasteiger partial charge is 0.416 e. The Bertz CT molecular complexity index is 1320. The normalized spacial score (nSPS) is 13.9. The van der Waals surface area contributed by atoms with E-state index in [0.29, 0.717) is 22.2 Å². The summed E-state index contributed by atoms with van der Waals surface area (Å²) in [5.41, 5.74) is 9.02. The Kier molecular flexibility index (Phi) is 6.82. The van der Waals surface area contributed by atoms with E-state index >= 15 is 0 Å². The van der Waals surface area contributed by atoms with Crippen LogP contribution in [-0.2, 0) is 17.1 Å². The van der Waals surface area contributed by atoms with E-state index in [1.54, 1.807) is 24.3 Å². The van der Waals surface area contributed by atoms with Crippen molar-refractivity contribution in [1.29, 1.82) is 0 Å². The van der Waals surface area contributed by atoms with E-state index in [1.807, 2.05) is 0 Å². The molecule has 1 heterocycles. The number of carbonyl (C=O) groups is 1. The summed E-state index contributed by atoms with van der Waals surface area (Å²) < 4.78 is 83.6. The van der Waals surface area contributed by atoms with Crippen LogP contribution < -0.4 is 27.2 Å². The number of hydrogen-bond donors (Lipinski definition) is 3. The first-order valence-corrected chi connectivity index (χ1v) is 10.2. The number of rotatable bonds is 4. The van der Waals surface area contributed by atoms with Gasteiger partial charge in [0.15, 0.2) is 0 Å². The summed E-state index contributed by atoms with van der Waals surface area (Å²) in [5.74, 6) is -0.786. The SMILES string of the molecule is COC(=O)c1ccc(/C(N)=c2\cccc\c2=C(\N)Nc2cc(C(F)(F)F)cc(C(F)(F)F)c2)s1.[HH]. The highest BCUT2D eigenvalue weighted by Gasteiger charge is 2.37. The molecule has 182 valence electrons. The van der Waals surface area contributed by atoms with Gasteiger partial charge in [0.25, 0.3) is 0 Å². The molecule has 0 fully saturated rings. The number of nitrogens with one attached hydrogen (secondary N) is 1. The lowest BCUT2D eigenvalue weighted by atomic mass is 10.1. The second-order valence-corrected chi connectivity index (χ2v) is 8.03. The van der Waals surface area contributed by atoms with Gasteiger partial charge in [0.05, 0.1) is 28.8 Å². The lowest BCUT2D eigenvalue weighted by Crippen LogP contribution is -2.35. The molecule has 0 bridgehead atoms. The van der Waals surface area contributed by atoms with E-state index in [2.05, 4.69) is 10.1 Å². The molecule has 2 aromatic carbocycles. The van der Waals surface area contributed by atoms with Crippen molar-refractivity contribution in [1.82, 2.24) is 0 Å². The number of thiophene rings is 1. The van der Waals surface area contributed by atoms with Crippen molar-refractivity contribution in [3.05, 3.63) is 85.9 Å². The maximum atomic E-state index is 13.2. The maximum absolute atomic E-state index is 13.2. The number of hydrogen-bond acceptors (Lipinski definition) is 6. The molecule has 3 aromatic rings. The monoisotopic (exact) mass is 503 g/mol. The number of methoxy groups -OCH3 is 1. The summed E-state index contributed by atoms with van der Waals surface area (Å²) in [7, 11) is 1.23. The van der Waals surface area contributed by atoms with Gasteiger partial charge in [-0.15, -0.1) is 11.3 Å². The average Bonchev–Trinajstić information content (AvgIpc) is 3.27. The zero-order valence-electron chi connectivity index (χ0n) is 17.3. The van der Waals surface area contributed by atoms with E-state index in [0.717, 1.165) is 11.3 Å². The third kappa shape index (κ3) is 5.45. The third-order valence-electron chi connectivity index (χ3n) is 4.63. The third-order valence-corrected chi connectivity index (χ3v) is 5.73. The number of benzene rings is 2. The van der Waals surface area contributed by atoms with Gasteiger partial charge >= 0.3 is 18.3 Å². The van der Waals surface area contributed by atoms with Gasteiger partial charge in [0, 0.05) is 17.6 Å². The fourth-order valence-electron chi connectivity index (χ4n) is 3.03. The van der Waals surface area contributed by atoms with Crippen molar-refractivity contribution < 1.29 is 37.3 Å². The first-order valence-electron chi connectivity index (χ1n) is 9.41. The molecule has 3 rings (SSSR count). The zero-order chi connectivity index (χ0) is 25.3. The highest BCUT2D eigenvalue weighted by molar-refractivity contribution is 7.15. The predicted octanol–water partition coefficient (Wildman–Crippen LogP) is 4.07. The van der Waals surface area contributed by atoms with Crippen molar-refractivity contribution in [3.8, 4) is 0 Å². The lowest BCUT2D eigenvalue weighted by Gasteiger charge is -2.15. The molecule has 0 aliphatic carbocycles. The Labute approximate surface area is 194 Å². The van der Waals surface area contributed by atoms with Gasteiger partial charge in [0.2, 0.25) is 0 Å². The van der Waals surface area contributed by atoms with Crippen LogP contribution >= 0.6 is 11.3 Å². The molecule has 0 saturated heterocycles. The Morgan fingerprint density at radius 2 is 1.41 bits per heavy atom. The van der Waals surface area contributed by atoms with Crippen LogP contribution in [0.3, 0.4) is 0 Å². The Balaban J connectivity index is 0.00000432. The van der Waals surface area contributed by atoms with Gasteiger partial charge in [-0.1, -0.05) is 24.3 Å². The number of halogens is 6. The fraction of sp³-hybridized carbons (Fsp3) is 0.136. The van der Waals surface area contributed by atoms with Crippen molar-refractivity contribution in [2.24, 2.45) is 11.5 Å². The number of ether oxygens (including phenoxy) is 1. The minimum absolute atomic E-state index is 0. The van der Waals surface area contributed by atoms with Crippen LogP contribution in [-0.4, -0.2) is 13.1 Å². The topological polar surface area (TPSA) is 90.4 Å². The summed E-state index contributed by atoms with van der Waals surface area (Å²) in [6.07, 6.45) is -10.0. The molecule has 5 nitrogen and oxygen atoms in total. The molecule has 5 N–H and O–H groups in total. The highest BCUT2D eigenvalue weighted by atomic mass is 32.1. The second kappa shape index (κ2) is 9.29. The fourth-order valence-corrected chi connectivity index (χ4v) is 3.92. The maximum Gasteiger partial charge on any atom is 0.416 e. The molecule has 0 unspecified atom stereocenters. The van der Waals surface area contributed by atoms with E-state index < -0.39 is 35.1 Å². The minimum atomic E-state index is -5.00. The lowest BCUT2D eigenvalue weighted by molar-refractivity contribution is -0.143. The molecule has 0 radical (unpaired) electrons. The highest BCUT2D eigenvalue weighted by Crippen LogP contribution is 2.37. The van der Waals surface area contributed by atoms with Gasteiger partial charge in [-0.2, -0.15) is 26.3 Å². The molecule has 0 spiro atoms. The predicted molar refractivity (Wildman–Crippen MR) is 118 cm³/mol.